The third-order valence-corrected chi connectivity index (χ3v) is 3.96. The molecule has 0 amide bonds. The average Bonchev–Trinajstić information content (AvgIpc) is 2.53. The van der Waals surface area contributed by atoms with Crippen molar-refractivity contribution in [2.24, 2.45) is 0 Å². The van der Waals surface area contributed by atoms with Crippen LogP contribution in [0.25, 0.3) is 0 Å². The highest BCUT2D eigenvalue weighted by Crippen LogP contribution is 2.22. The first-order valence-corrected chi connectivity index (χ1v) is 7.70. The lowest BCUT2D eigenvalue weighted by molar-refractivity contribution is 0.0871. The zero-order chi connectivity index (χ0) is 17.9. The van der Waals surface area contributed by atoms with Crippen molar-refractivity contribution < 1.29 is 9.84 Å². The molecule has 0 unspecified atom stereocenters. The van der Waals surface area contributed by atoms with Gasteiger partial charge in [0.05, 0.1) is 12.2 Å². The number of para-hydroxylation sites is 1. The molecule has 24 heavy (non-hydrogen) atoms. The van der Waals surface area contributed by atoms with E-state index < -0.39 is 11.7 Å². The molecule has 6 nitrogen and oxygen atoms in total. The second kappa shape index (κ2) is 7.28. The summed E-state index contributed by atoms with van der Waals surface area (Å²) in [6, 6.07) is 7.71. The number of hydrogen-bond donors (Lipinski definition) is 1. The molecule has 0 saturated heterocycles. The number of rotatable bonds is 5. The molecular weight excluding hydrogens is 306 g/mol. The Kier molecular flexibility index (Phi) is 5.37. The van der Waals surface area contributed by atoms with Gasteiger partial charge in [-0.1, -0.05) is 18.2 Å². The molecular formula is C18H21N3O3. The van der Waals surface area contributed by atoms with Gasteiger partial charge in [-0.2, -0.15) is 10.4 Å². The summed E-state index contributed by atoms with van der Waals surface area (Å²) in [6.45, 7) is 7.29. The molecule has 0 bridgehead atoms. The molecule has 1 N–H and O–H groups in total. The fourth-order valence-corrected chi connectivity index (χ4v) is 2.49. The predicted molar refractivity (Wildman–Crippen MR) is 90.1 cm³/mol. The van der Waals surface area contributed by atoms with Crippen LogP contribution in [0, 0.1) is 39.0 Å². The summed E-state index contributed by atoms with van der Waals surface area (Å²) in [6.07, 6.45) is -0.914. The number of nitrogens with zero attached hydrogens (tertiary/aromatic N) is 3. The normalized spacial score (nSPS) is 11.8. The second-order valence-electron chi connectivity index (χ2n) is 5.87. The summed E-state index contributed by atoms with van der Waals surface area (Å²) in [7, 11) is 0. The number of aromatic nitrogens is 2. The van der Waals surface area contributed by atoms with Gasteiger partial charge < -0.3 is 9.84 Å². The summed E-state index contributed by atoms with van der Waals surface area (Å²) < 4.78 is 6.82. The molecule has 1 aromatic heterocycles. The van der Waals surface area contributed by atoms with Crippen LogP contribution in [0.4, 0.5) is 0 Å². The first-order chi connectivity index (χ1) is 11.3. The van der Waals surface area contributed by atoms with Crippen LogP contribution >= 0.6 is 0 Å². The Balaban J connectivity index is 2.14. The van der Waals surface area contributed by atoms with Crippen LogP contribution in [-0.2, 0) is 6.54 Å². The lowest BCUT2D eigenvalue weighted by Gasteiger charge is -2.16. The maximum atomic E-state index is 12.2. The van der Waals surface area contributed by atoms with Crippen LogP contribution in [0.3, 0.4) is 0 Å². The van der Waals surface area contributed by atoms with Crippen molar-refractivity contribution in [3.63, 3.8) is 0 Å². The van der Waals surface area contributed by atoms with E-state index in [4.69, 9.17) is 10.00 Å². The van der Waals surface area contributed by atoms with Crippen LogP contribution < -0.4 is 10.3 Å². The number of aliphatic hydroxyl groups is 1. The molecule has 0 spiro atoms. The van der Waals surface area contributed by atoms with Crippen molar-refractivity contribution in [3.8, 4) is 11.8 Å². The monoisotopic (exact) mass is 327 g/mol. The van der Waals surface area contributed by atoms with Gasteiger partial charge in [-0.05, 0) is 44.4 Å². The Labute approximate surface area is 140 Å². The van der Waals surface area contributed by atoms with E-state index in [-0.39, 0.29) is 18.7 Å². The minimum Gasteiger partial charge on any atom is -0.490 e. The third-order valence-electron chi connectivity index (χ3n) is 3.96. The Bertz CT molecular complexity index is 830. The SMILES string of the molecule is Cc1cccc(C)c1OC[C@@H](O)Cn1nc(C)c(C)c(C#N)c1=O. The number of aryl methyl sites for hydroxylation is 3. The van der Waals surface area contributed by atoms with E-state index in [0.717, 1.165) is 21.6 Å². The van der Waals surface area contributed by atoms with Gasteiger partial charge in [0.2, 0.25) is 0 Å². The molecule has 1 heterocycles. The summed E-state index contributed by atoms with van der Waals surface area (Å²) in [5, 5.41) is 23.5. The van der Waals surface area contributed by atoms with Crippen molar-refractivity contribution in [2.75, 3.05) is 6.61 Å². The van der Waals surface area contributed by atoms with E-state index in [0.29, 0.717) is 11.3 Å². The Morgan fingerprint density at radius 3 is 2.50 bits per heavy atom. The van der Waals surface area contributed by atoms with Gasteiger partial charge in [-0.3, -0.25) is 4.79 Å². The molecule has 126 valence electrons. The van der Waals surface area contributed by atoms with Crippen molar-refractivity contribution in [1.82, 2.24) is 9.78 Å². The molecule has 0 radical (unpaired) electrons. The van der Waals surface area contributed by atoms with Crippen LogP contribution in [0.5, 0.6) is 5.75 Å². The van der Waals surface area contributed by atoms with Gasteiger partial charge in [0.1, 0.15) is 30.1 Å². The first-order valence-electron chi connectivity index (χ1n) is 7.70. The highest BCUT2D eigenvalue weighted by Gasteiger charge is 2.15. The molecule has 0 aliphatic carbocycles. The predicted octanol–water partition coefficient (Wildman–Crippen LogP) is 1.79. The lowest BCUT2D eigenvalue weighted by atomic mass is 10.1. The molecule has 0 saturated carbocycles. The van der Waals surface area contributed by atoms with Gasteiger partial charge in [0.25, 0.3) is 5.56 Å². The molecule has 0 fully saturated rings. The molecule has 0 aliphatic rings. The second-order valence-corrected chi connectivity index (χ2v) is 5.87. The molecule has 2 aromatic rings. The van der Waals surface area contributed by atoms with E-state index >= 15 is 0 Å². The number of benzene rings is 1. The lowest BCUT2D eigenvalue weighted by Crippen LogP contribution is -2.34. The minimum absolute atomic E-state index is 0.0282. The molecule has 6 heteroatoms. The van der Waals surface area contributed by atoms with Crippen molar-refractivity contribution >= 4 is 0 Å². The van der Waals surface area contributed by atoms with Crippen molar-refractivity contribution in [1.29, 1.82) is 5.26 Å². The third kappa shape index (κ3) is 3.63. The van der Waals surface area contributed by atoms with Gasteiger partial charge in [0, 0.05) is 0 Å². The zero-order valence-corrected chi connectivity index (χ0v) is 14.3. The number of hydrogen-bond acceptors (Lipinski definition) is 5. The number of nitriles is 1. The summed E-state index contributed by atoms with van der Waals surface area (Å²) in [5.74, 6) is 0.731. The van der Waals surface area contributed by atoms with Crippen LogP contribution in [0.1, 0.15) is 27.9 Å². The van der Waals surface area contributed by atoms with E-state index in [1.165, 1.54) is 0 Å². The number of aliphatic hydroxyl groups excluding tert-OH is 1. The summed E-state index contributed by atoms with van der Waals surface area (Å²) >= 11 is 0. The largest absolute Gasteiger partial charge is 0.490 e. The Morgan fingerprint density at radius 2 is 1.92 bits per heavy atom. The van der Waals surface area contributed by atoms with Crippen LogP contribution in [0.2, 0.25) is 0 Å². The molecule has 1 atom stereocenters. The molecule has 2 rings (SSSR count). The first kappa shape index (κ1) is 17.7. The minimum atomic E-state index is -0.914. The Hall–Kier alpha value is -2.65. The van der Waals surface area contributed by atoms with E-state index in [1.54, 1.807) is 13.8 Å². The maximum absolute atomic E-state index is 12.2. The number of ether oxygens (including phenoxy) is 1. The zero-order valence-electron chi connectivity index (χ0n) is 14.3. The van der Waals surface area contributed by atoms with E-state index in [2.05, 4.69) is 5.10 Å². The Morgan fingerprint density at radius 1 is 1.29 bits per heavy atom. The van der Waals surface area contributed by atoms with Gasteiger partial charge in [-0.15, -0.1) is 0 Å². The van der Waals surface area contributed by atoms with Crippen molar-refractivity contribution in [2.45, 2.75) is 40.3 Å². The highest BCUT2D eigenvalue weighted by molar-refractivity contribution is 5.39. The van der Waals surface area contributed by atoms with Gasteiger partial charge >= 0.3 is 0 Å². The van der Waals surface area contributed by atoms with Crippen molar-refractivity contribution in [3.05, 3.63) is 56.5 Å². The molecule has 0 aliphatic heterocycles. The maximum Gasteiger partial charge on any atom is 0.285 e. The average molecular weight is 327 g/mol. The highest BCUT2D eigenvalue weighted by atomic mass is 16.5. The standard InChI is InChI=1S/C18H21N3O3/c1-11-6-5-7-12(2)17(11)24-10-15(22)9-21-18(23)16(8-19)13(3)14(4)20-21/h5-7,15,22H,9-10H2,1-4H3/t15-/m0/s1. The van der Waals surface area contributed by atoms with Gasteiger partial charge in [0.15, 0.2) is 0 Å². The van der Waals surface area contributed by atoms with Crippen LogP contribution in [0.15, 0.2) is 23.0 Å². The molecule has 1 aromatic carbocycles. The quantitative estimate of drug-likeness (QED) is 0.904. The summed E-state index contributed by atoms with van der Waals surface area (Å²) in [4.78, 5) is 12.2. The topological polar surface area (TPSA) is 88.1 Å². The van der Waals surface area contributed by atoms with Gasteiger partial charge in [-0.25, -0.2) is 4.68 Å². The van der Waals surface area contributed by atoms with E-state index in [9.17, 15) is 9.90 Å². The fraction of sp³-hybridized carbons (Fsp3) is 0.389. The van der Waals surface area contributed by atoms with Crippen LogP contribution in [-0.4, -0.2) is 27.6 Å². The smallest absolute Gasteiger partial charge is 0.285 e. The summed E-state index contributed by atoms with van der Waals surface area (Å²) in [5.41, 5.74) is 2.69. The van der Waals surface area contributed by atoms with E-state index in [1.807, 2.05) is 38.1 Å². The fourth-order valence-electron chi connectivity index (χ4n) is 2.49.